The van der Waals surface area contributed by atoms with Crippen LogP contribution in [0, 0.1) is 10.1 Å². The predicted molar refractivity (Wildman–Crippen MR) is 148 cm³/mol. The topological polar surface area (TPSA) is 116 Å². The first-order chi connectivity index (χ1) is 18.4. The van der Waals surface area contributed by atoms with Gasteiger partial charge < -0.3 is 13.9 Å². The quantitative estimate of drug-likeness (QED) is 0.0931. The van der Waals surface area contributed by atoms with Gasteiger partial charge in [0.1, 0.15) is 12.2 Å². The molecule has 0 spiro atoms. The van der Waals surface area contributed by atoms with Crippen LogP contribution in [-0.2, 0) is 13.0 Å². The third-order valence-corrected chi connectivity index (χ3v) is 5.96. The molecular weight excluding hydrogens is 554 g/mol. The Bertz CT molecular complexity index is 1510. The zero-order chi connectivity index (χ0) is 27.1. The molecule has 4 rings (SSSR count). The number of hydrazone groups is 1. The van der Waals surface area contributed by atoms with Crippen LogP contribution in [0.15, 0.2) is 87.3 Å². The Balaban J connectivity index is 1.51. The first-order valence-electron chi connectivity index (χ1n) is 11.7. The summed E-state index contributed by atoms with van der Waals surface area (Å²) in [6.45, 7) is 6.52. The summed E-state index contributed by atoms with van der Waals surface area (Å²) < 4.78 is 18.5. The Hall–Kier alpha value is -4.44. The van der Waals surface area contributed by atoms with E-state index in [1.165, 1.54) is 30.5 Å². The SMILES string of the molecule is C=CCc1cc(/C=N/NC(=O)c2cc3cc([N+](=O)[O-])ccc3o2)cc(OCC)c1OCc1ccc(Br)cc1. The summed E-state index contributed by atoms with van der Waals surface area (Å²) in [6, 6.07) is 17.1. The number of allylic oxidation sites excluding steroid dienone is 1. The van der Waals surface area contributed by atoms with Crippen molar-refractivity contribution >= 4 is 44.7 Å². The summed E-state index contributed by atoms with van der Waals surface area (Å²) in [5, 5.41) is 15.5. The third kappa shape index (κ3) is 6.46. The molecular formula is C28H24BrN3O6. The molecule has 0 aliphatic rings. The molecule has 0 aliphatic heterocycles. The van der Waals surface area contributed by atoms with Crippen LogP contribution in [0.3, 0.4) is 0 Å². The number of hydrogen-bond donors (Lipinski definition) is 1. The van der Waals surface area contributed by atoms with Crippen LogP contribution in [0.25, 0.3) is 11.0 Å². The highest BCUT2D eigenvalue weighted by atomic mass is 79.9. The molecule has 0 unspecified atom stereocenters. The molecule has 0 saturated heterocycles. The molecule has 0 bridgehead atoms. The van der Waals surface area contributed by atoms with Gasteiger partial charge >= 0.3 is 5.91 Å². The highest BCUT2D eigenvalue weighted by molar-refractivity contribution is 9.10. The molecule has 38 heavy (non-hydrogen) atoms. The van der Waals surface area contributed by atoms with E-state index in [0.717, 1.165) is 15.6 Å². The minimum Gasteiger partial charge on any atom is -0.490 e. The molecule has 3 aromatic carbocycles. The lowest BCUT2D eigenvalue weighted by Crippen LogP contribution is -2.16. The molecule has 0 saturated carbocycles. The first kappa shape index (κ1) is 26.6. The normalized spacial score (nSPS) is 11.0. The maximum atomic E-state index is 12.5. The second-order valence-electron chi connectivity index (χ2n) is 8.14. The number of fused-ring (bicyclic) bond motifs is 1. The fourth-order valence-corrected chi connectivity index (χ4v) is 3.97. The second-order valence-corrected chi connectivity index (χ2v) is 9.05. The van der Waals surface area contributed by atoms with E-state index in [2.05, 4.69) is 33.0 Å². The fraction of sp³-hybridized carbons (Fsp3) is 0.143. The van der Waals surface area contributed by atoms with Gasteiger partial charge in [0.2, 0.25) is 0 Å². The van der Waals surface area contributed by atoms with Gasteiger partial charge in [0.05, 0.1) is 17.7 Å². The van der Waals surface area contributed by atoms with Gasteiger partial charge in [0.15, 0.2) is 17.3 Å². The van der Waals surface area contributed by atoms with E-state index in [1.807, 2.05) is 37.3 Å². The van der Waals surface area contributed by atoms with Crippen molar-refractivity contribution in [1.82, 2.24) is 5.43 Å². The van der Waals surface area contributed by atoms with Crippen LogP contribution >= 0.6 is 15.9 Å². The van der Waals surface area contributed by atoms with Crippen molar-refractivity contribution in [2.45, 2.75) is 20.0 Å². The lowest BCUT2D eigenvalue weighted by molar-refractivity contribution is -0.384. The minimum absolute atomic E-state index is 0.0170. The number of carbonyl (C=O) groups is 1. The number of hydrogen-bond acceptors (Lipinski definition) is 7. The molecule has 1 N–H and O–H groups in total. The number of furan rings is 1. The molecule has 1 aromatic heterocycles. The zero-order valence-electron chi connectivity index (χ0n) is 20.5. The van der Waals surface area contributed by atoms with Gasteiger partial charge in [0, 0.05) is 27.6 Å². The Morgan fingerprint density at radius 2 is 1.95 bits per heavy atom. The lowest BCUT2D eigenvalue weighted by atomic mass is 10.1. The number of nitro groups is 1. The number of nitro benzene ring substituents is 1. The van der Waals surface area contributed by atoms with Crippen molar-refractivity contribution < 1.29 is 23.6 Å². The molecule has 1 heterocycles. The summed E-state index contributed by atoms with van der Waals surface area (Å²) in [5.74, 6) is 0.561. The van der Waals surface area contributed by atoms with Crippen molar-refractivity contribution in [3.05, 3.63) is 110 Å². The van der Waals surface area contributed by atoms with Crippen molar-refractivity contribution in [2.75, 3.05) is 6.61 Å². The van der Waals surface area contributed by atoms with Gasteiger partial charge in [-0.05, 0) is 60.9 Å². The number of non-ortho nitro benzene ring substituents is 1. The van der Waals surface area contributed by atoms with Gasteiger partial charge in [-0.15, -0.1) is 6.58 Å². The molecule has 0 aliphatic carbocycles. The van der Waals surface area contributed by atoms with Crippen LogP contribution in [0.5, 0.6) is 11.5 Å². The minimum atomic E-state index is -0.592. The monoisotopic (exact) mass is 577 g/mol. The van der Waals surface area contributed by atoms with E-state index in [9.17, 15) is 14.9 Å². The Morgan fingerprint density at radius 1 is 1.16 bits per heavy atom. The first-order valence-corrected chi connectivity index (χ1v) is 12.5. The molecule has 0 fully saturated rings. The maximum Gasteiger partial charge on any atom is 0.307 e. The molecule has 4 aromatic rings. The maximum absolute atomic E-state index is 12.5. The van der Waals surface area contributed by atoms with Gasteiger partial charge in [-0.2, -0.15) is 5.10 Å². The number of benzene rings is 3. The van der Waals surface area contributed by atoms with Crippen molar-refractivity contribution in [3.63, 3.8) is 0 Å². The summed E-state index contributed by atoms with van der Waals surface area (Å²) in [5.41, 5.74) is 5.24. The van der Waals surface area contributed by atoms with Gasteiger partial charge in [-0.3, -0.25) is 14.9 Å². The predicted octanol–water partition coefficient (Wildman–Crippen LogP) is 6.57. The van der Waals surface area contributed by atoms with E-state index in [4.69, 9.17) is 13.9 Å². The standard InChI is InChI=1S/C28H24BrN3O6/c1-3-5-20-12-19(13-25(36-4-2)27(20)37-17-18-6-8-22(29)9-7-18)16-30-31-28(33)26-15-21-14-23(32(34)35)10-11-24(21)38-26/h3,6-16H,1,4-5,17H2,2H3,(H,31,33)/b30-16+. The van der Waals surface area contributed by atoms with Gasteiger partial charge in [0.25, 0.3) is 5.69 Å². The average molecular weight is 578 g/mol. The van der Waals surface area contributed by atoms with Crippen molar-refractivity contribution in [3.8, 4) is 11.5 Å². The number of nitrogens with one attached hydrogen (secondary N) is 1. The Kier molecular flexibility index (Phi) is 8.55. The summed E-state index contributed by atoms with van der Waals surface area (Å²) >= 11 is 3.43. The number of nitrogens with zero attached hydrogens (tertiary/aromatic N) is 2. The summed E-state index contributed by atoms with van der Waals surface area (Å²) in [6.07, 6.45) is 3.79. The largest absolute Gasteiger partial charge is 0.490 e. The molecule has 9 nitrogen and oxygen atoms in total. The third-order valence-electron chi connectivity index (χ3n) is 5.43. The summed E-state index contributed by atoms with van der Waals surface area (Å²) in [4.78, 5) is 23.0. The zero-order valence-corrected chi connectivity index (χ0v) is 22.1. The van der Waals surface area contributed by atoms with E-state index in [-0.39, 0.29) is 11.4 Å². The Labute approximate surface area is 227 Å². The Morgan fingerprint density at radius 3 is 2.66 bits per heavy atom. The molecule has 1 amide bonds. The molecule has 194 valence electrons. The lowest BCUT2D eigenvalue weighted by Gasteiger charge is -2.17. The smallest absolute Gasteiger partial charge is 0.307 e. The van der Waals surface area contributed by atoms with Crippen LogP contribution < -0.4 is 14.9 Å². The van der Waals surface area contributed by atoms with Crippen LogP contribution in [0.2, 0.25) is 0 Å². The van der Waals surface area contributed by atoms with E-state index in [1.54, 1.807) is 12.1 Å². The fourth-order valence-electron chi connectivity index (χ4n) is 3.70. The molecule has 0 atom stereocenters. The van der Waals surface area contributed by atoms with Gasteiger partial charge in [-0.25, -0.2) is 5.43 Å². The number of carbonyl (C=O) groups excluding carboxylic acids is 1. The highest BCUT2D eigenvalue weighted by Crippen LogP contribution is 2.34. The second kappa shape index (κ2) is 12.2. The number of ether oxygens (including phenoxy) is 2. The summed E-state index contributed by atoms with van der Waals surface area (Å²) in [7, 11) is 0. The average Bonchev–Trinajstić information content (AvgIpc) is 3.33. The number of amides is 1. The molecule has 10 heteroatoms. The van der Waals surface area contributed by atoms with E-state index < -0.39 is 10.8 Å². The van der Waals surface area contributed by atoms with Crippen molar-refractivity contribution in [2.24, 2.45) is 5.10 Å². The molecule has 0 radical (unpaired) electrons. The van der Waals surface area contributed by atoms with Gasteiger partial charge in [-0.1, -0.05) is 34.1 Å². The van der Waals surface area contributed by atoms with Crippen LogP contribution in [-0.4, -0.2) is 23.7 Å². The number of rotatable bonds is 11. The highest BCUT2D eigenvalue weighted by Gasteiger charge is 2.16. The number of halogens is 1. The van der Waals surface area contributed by atoms with Crippen molar-refractivity contribution in [1.29, 1.82) is 0 Å². The van der Waals surface area contributed by atoms with Crippen LogP contribution in [0.1, 0.15) is 34.2 Å². The van der Waals surface area contributed by atoms with Crippen LogP contribution in [0.4, 0.5) is 5.69 Å². The van der Waals surface area contributed by atoms with E-state index >= 15 is 0 Å². The van der Waals surface area contributed by atoms with E-state index in [0.29, 0.717) is 47.7 Å².